The van der Waals surface area contributed by atoms with Gasteiger partial charge < -0.3 is 14.6 Å². The van der Waals surface area contributed by atoms with E-state index < -0.39 is 0 Å². The molecule has 8 heteroatoms. The zero-order valence-electron chi connectivity index (χ0n) is 17.6. The number of benzene rings is 1. The number of hydrogen-bond donors (Lipinski definition) is 1. The molecule has 5 rings (SSSR count). The van der Waals surface area contributed by atoms with E-state index in [1.54, 1.807) is 10.9 Å². The highest BCUT2D eigenvalue weighted by Gasteiger charge is 2.29. The molecule has 0 aliphatic carbocycles. The molecule has 0 saturated carbocycles. The van der Waals surface area contributed by atoms with E-state index >= 15 is 0 Å². The first-order valence-corrected chi connectivity index (χ1v) is 10.5. The fourth-order valence-corrected chi connectivity index (χ4v) is 3.97. The molecule has 3 aromatic heterocycles. The average molecular weight is 416 g/mol. The third kappa shape index (κ3) is 3.88. The van der Waals surface area contributed by atoms with Crippen LogP contribution in [0.5, 0.6) is 0 Å². The van der Waals surface area contributed by atoms with Crippen molar-refractivity contribution < 1.29 is 9.21 Å². The summed E-state index contributed by atoms with van der Waals surface area (Å²) in [5.74, 6) is 0.820. The van der Waals surface area contributed by atoms with Gasteiger partial charge in [-0.3, -0.25) is 9.48 Å². The summed E-state index contributed by atoms with van der Waals surface area (Å²) in [5, 5.41) is 9.03. The van der Waals surface area contributed by atoms with E-state index in [-0.39, 0.29) is 11.6 Å². The zero-order chi connectivity index (χ0) is 21.4. The molecule has 4 heterocycles. The lowest BCUT2D eigenvalue weighted by Gasteiger charge is -2.37. The fraction of sp³-hybridized carbons (Fsp3) is 0.304. The molecule has 1 N–H and O–H groups in total. The Morgan fingerprint density at radius 2 is 2.06 bits per heavy atom. The van der Waals surface area contributed by atoms with E-state index in [2.05, 4.69) is 38.3 Å². The Bertz CT molecular complexity index is 1240. The van der Waals surface area contributed by atoms with Crippen LogP contribution in [-0.2, 0) is 7.05 Å². The number of amides is 1. The van der Waals surface area contributed by atoms with Crippen LogP contribution < -0.4 is 10.2 Å². The number of carbonyl (C=O) groups is 1. The Morgan fingerprint density at radius 1 is 1.19 bits per heavy atom. The topological polar surface area (TPSA) is 89.1 Å². The number of aryl methyl sites for hydroxylation is 1. The van der Waals surface area contributed by atoms with Gasteiger partial charge in [0.15, 0.2) is 5.69 Å². The van der Waals surface area contributed by atoms with Crippen LogP contribution in [-0.4, -0.2) is 38.7 Å². The Labute approximate surface area is 179 Å². The van der Waals surface area contributed by atoms with Crippen molar-refractivity contribution in [3.05, 3.63) is 54.8 Å². The number of oxazole rings is 1. The maximum absolute atomic E-state index is 12.6. The van der Waals surface area contributed by atoms with Crippen LogP contribution in [0, 0.1) is 5.92 Å². The molecule has 1 aromatic carbocycles. The maximum Gasteiger partial charge on any atom is 0.297 e. The molecule has 8 nitrogen and oxygen atoms in total. The van der Waals surface area contributed by atoms with Gasteiger partial charge in [-0.15, -0.1) is 0 Å². The fourth-order valence-electron chi connectivity index (χ4n) is 3.97. The Morgan fingerprint density at radius 3 is 2.84 bits per heavy atom. The largest absolute Gasteiger partial charge is 0.431 e. The molecule has 1 fully saturated rings. The molecular weight excluding hydrogens is 392 g/mol. The number of hydrogen-bond acceptors (Lipinski definition) is 6. The van der Waals surface area contributed by atoms with Crippen LogP contribution in [0.25, 0.3) is 21.9 Å². The van der Waals surface area contributed by atoms with Crippen molar-refractivity contribution in [2.75, 3.05) is 23.3 Å². The summed E-state index contributed by atoms with van der Waals surface area (Å²) in [7, 11) is 1.89. The van der Waals surface area contributed by atoms with Crippen LogP contribution in [0.4, 0.5) is 11.8 Å². The van der Waals surface area contributed by atoms with Crippen molar-refractivity contribution in [2.24, 2.45) is 13.0 Å². The highest BCUT2D eigenvalue weighted by atomic mass is 16.4. The van der Waals surface area contributed by atoms with Crippen molar-refractivity contribution in [3.63, 3.8) is 0 Å². The van der Waals surface area contributed by atoms with Crippen molar-refractivity contribution in [1.29, 1.82) is 0 Å². The lowest BCUT2D eigenvalue weighted by molar-refractivity contribution is 0.102. The van der Waals surface area contributed by atoms with Crippen LogP contribution in [0.3, 0.4) is 0 Å². The number of aromatic nitrogens is 4. The second kappa shape index (κ2) is 7.86. The monoisotopic (exact) mass is 416 g/mol. The highest BCUT2D eigenvalue weighted by Crippen LogP contribution is 2.27. The van der Waals surface area contributed by atoms with Crippen LogP contribution in [0.2, 0.25) is 0 Å². The number of nitrogens with zero attached hydrogens (tertiary/aromatic N) is 5. The van der Waals surface area contributed by atoms with E-state index in [1.807, 2.05) is 37.6 Å². The standard InChI is InChI=1S/C23H24N6O2/c1-3-4-15-11-29(12-15)23-26-20(14-31-23)22(30)27-21-8-18-7-16(5-6-17(18)9-24-21)19-10-25-28(2)13-19/h5-10,13-15H,3-4,11-12H2,1-2H3,(H,24,27,30). The number of anilines is 2. The van der Waals surface area contributed by atoms with Gasteiger partial charge in [0.05, 0.1) is 6.20 Å². The third-order valence-corrected chi connectivity index (χ3v) is 5.65. The first-order valence-electron chi connectivity index (χ1n) is 10.5. The van der Waals surface area contributed by atoms with Gasteiger partial charge in [-0.25, -0.2) is 4.98 Å². The van der Waals surface area contributed by atoms with Gasteiger partial charge in [0, 0.05) is 43.5 Å². The third-order valence-electron chi connectivity index (χ3n) is 5.65. The number of pyridine rings is 1. The zero-order valence-corrected chi connectivity index (χ0v) is 17.6. The molecule has 1 aliphatic heterocycles. The lowest BCUT2D eigenvalue weighted by atomic mass is 9.96. The molecule has 0 spiro atoms. The van der Waals surface area contributed by atoms with Gasteiger partial charge >= 0.3 is 0 Å². The quantitative estimate of drug-likeness (QED) is 0.509. The van der Waals surface area contributed by atoms with Crippen molar-refractivity contribution in [3.8, 4) is 11.1 Å². The van der Waals surface area contributed by atoms with Gasteiger partial charge in [0.2, 0.25) is 0 Å². The molecular formula is C23H24N6O2. The predicted octanol–water partition coefficient (Wildman–Crippen LogP) is 4.11. The molecule has 31 heavy (non-hydrogen) atoms. The van der Waals surface area contributed by atoms with E-state index in [0.29, 0.717) is 17.8 Å². The van der Waals surface area contributed by atoms with Crippen LogP contribution >= 0.6 is 0 Å². The number of nitrogens with one attached hydrogen (secondary N) is 1. The second-order valence-corrected chi connectivity index (χ2v) is 8.06. The van der Waals surface area contributed by atoms with Crippen LogP contribution in [0.1, 0.15) is 30.3 Å². The molecule has 1 saturated heterocycles. The molecule has 158 valence electrons. The van der Waals surface area contributed by atoms with Crippen molar-refractivity contribution >= 4 is 28.5 Å². The summed E-state index contributed by atoms with van der Waals surface area (Å²) < 4.78 is 7.29. The Balaban J connectivity index is 1.30. The van der Waals surface area contributed by atoms with Crippen molar-refractivity contribution in [1.82, 2.24) is 19.7 Å². The van der Waals surface area contributed by atoms with Crippen LogP contribution in [0.15, 0.2) is 53.5 Å². The number of rotatable bonds is 6. The molecule has 1 aliphatic rings. The Kier molecular flexibility index (Phi) is 4.89. The first kappa shape index (κ1) is 19.3. The smallest absolute Gasteiger partial charge is 0.297 e. The SMILES string of the molecule is CCCC1CN(c2nc(C(=O)Nc3cc4cc(-c5cnn(C)c5)ccc4cn3)co2)C1. The summed E-state index contributed by atoms with van der Waals surface area (Å²) >= 11 is 0. The summed E-state index contributed by atoms with van der Waals surface area (Å²) in [4.78, 5) is 23.4. The van der Waals surface area contributed by atoms with Gasteiger partial charge in [0.1, 0.15) is 12.1 Å². The second-order valence-electron chi connectivity index (χ2n) is 8.06. The minimum absolute atomic E-state index is 0.250. The molecule has 4 aromatic rings. The van der Waals surface area contributed by atoms with E-state index in [1.165, 1.54) is 19.1 Å². The summed E-state index contributed by atoms with van der Waals surface area (Å²) in [5.41, 5.74) is 2.34. The maximum atomic E-state index is 12.6. The summed E-state index contributed by atoms with van der Waals surface area (Å²) in [6.07, 6.45) is 9.34. The average Bonchev–Trinajstić information content (AvgIpc) is 3.39. The minimum Gasteiger partial charge on any atom is -0.431 e. The Hall–Kier alpha value is -3.68. The summed E-state index contributed by atoms with van der Waals surface area (Å²) in [6, 6.07) is 8.48. The minimum atomic E-state index is -0.337. The normalized spacial score (nSPS) is 14.1. The predicted molar refractivity (Wildman–Crippen MR) is 119 cm³/mol. The van der Waals surface area contributed by atoms with Gasteiger partial charge in [-0.1, -0.05) is 25.5 Å². The number of carbonyl (C=O) groups excluding carboxylic acids is 1. The molecule has 0 atom stereocenters. The highest BCUT2D eigenvalue weighted by molar-refractivity contribution is 6.03. The number of fused-ring (bicyclic) bond motifs is 1. The first-order chi connectivity index (χ1) is 15.1. The van der Waals surface area contributed by atoms with Gasteiger partial charge in [-0.05, 0) is 35.4 Å². The molecule has 0 radical (unpaired) electrons. The molecule has 1 amide bonds. The van der Waals surface area contributed by atoms with Gasteiger partial charge in [0.25, 0.3) is 11.9 Å². The van der Waals surface area contributed by atoms with Gasteiger partial charge in [-0.2, -0.15) is 10.1 Å². The van der Waals surface area contributed by atoms with Crippen molar-refractivity contribution in [2.45, 2.75) is 19.8 Å². The lowest BCUT2D eigenvalue weighted by Crippen LogP contribution is -2.46. The van der Waals surface area contributed by atoms with E-state index in [9.17, 15) is 4.79 Å². The summed E-state index contributed by atoms with van der Waals surface area (Å²) in [6.45, 7) is 4.05. The van der Waals surface area contributed by atoms with E-state index in [0.717, 1.165) is 35.0 Å². The molecule has 0 unspecified atom stereocenters. The molecule has 0 bridgehead atoms. The van der Waals surface area contributed by atoms with E-state index in [4.69, 9.17) is 4.42 Å².